The second-order valence-electron chi connectivity index (χ2n) is 3.24. The van der Waals surface area contributed by atoms with E-state index >= 15 is 0 Å². The maximum atomic E-state index is 10.8. The van der Waals surface area contributed by atoms with E-state index in [0.29, 0.717) is 17.4 Å². The highest BCUT2D eigenvalue weighted by atomic mass is 16.4. The Balaban J connectivity index is 3.24. The maximum absolute atomic E-state index is 10.8. The molecule has 0 saturated heterocycles. The molecule has 0 aliphatic carbocycles. The summed E-state index contributed by atoms with van der Waals surface area (Å²) < 4.78 is 0. The lowest BCUT2D eigenvalue weighted by Crippen LogP contribution is -2.14. The summed E-state index contributed by atoms with van der Waals surface area (Å²) in [5, 5.41) is 15.9. The quantitative estimate of drug-likeness (QED) is 0.250. The van der Waals surface area contributed by atoms with Crippen molar-refractivity contribution in [2.45, 2.75) is 0 Å². The number of aldehydes is 1. The molecule has 0 aliphatic rings. The summed E-state index contributed by atoms with van der Waals surface area (Å²) in [6, 6.07) is 5.99. The van der Waals surface area contributed by atoms with Crippen LogP contribution in [0.4, 0.5) is 0 Å². The molecule has 6 N–H and O–H groups in total. The van der Waals surface area contributed by atoms with E-state index in [9.17, 15) is 9.59 Å². The van der Waals surface area contributed by atoms with E-state index in [1.807, 2.05) is 0 Å². The molecule has 88 valence electrons. The number of carbonyl (C=O) groups is 2. The van der Waals surface area contributed by atoms with E-state index < -0.39 is 11.7 Å². The number of aliphatic carboxylic acids is 1. The molecule has 1 rings (SSSR count). The van der Waals surface area contributed by atoms with Gasteiger partial charge in [0.1, 0.15) is 11.5 Å². The van der Waals surface area contributed by atoms with Crippen molar-refractivity contribution in [3.05, 3.63) is 41.1 Å². The number of nitrogens with one attached hydrogen (secondary N) is 1. The minimum Gasteiger partial charge on any atom is -0.477 e. The minimum absolute atomic E-state index is 0.104. The fraction of sp³-hybridized carbons (Fsp3) is 0. The van der Waals surface area contributed by atoms with Crippen LogP contribution in [0.25, 0.3) is 5.57 Å². The number of carboxylic acid groups (broad SMARTS) is 1. The smallest absolute Gasteiger partial charge is 0.352 e. The highest BCUT2D eigenvalue weighted by Gasteiger charge is 2.12. The first kappa shape index (κ1) is 12.4. The molecule has 0 unspecified atom stereocenters. The Hall–Kier alpha value is -2.63. The first-order valence-electron chi connectivity index (χ1n) is 4.60. The van der Waals surface area contributed by atoms with Gasteiger partial charge in [0.25, 0.3) is 0 Å². The van der Waals surface area contributed by atoms with Gasteiger partial charge in [0.2, 0.25) is 0 Å². The molecule has 0 aliphatic heterocycles. The van der Waals surface area contributed by atoms with E-state index in [1.165, 1.54) is 24.3 Å². The Kier molecular flexibility index (Phi) is 3.61. The lowest BCUT2D eigenvalue weighted by molar-refractivity contribution is -0.132. The molecule has 0 fully saturated rings. The fourth-order valence-corrected chi connectivity index (χ4v) is 1.23. The van der Waals surface area contributed by atoms with Crippen LogP contribution < -0.4 is 11.5 Å². The number of hydrogen-bond acceptors (Lipinski definition) is 4. The van der Waals surface area contributed by atoms with Crippen molar-refractivity contribution >= 4 is 23.7 Å². The van der Waals surface area contributed by atoms with Gasteiger partial charge in [-0.25, -0.2) is 4.79 Å². The minimum atomic E-state index is -1.36. The van der Waals surface area contributed by atoms with E-state index in [1.54, 1.807) is 0 Å². The largest absolute Gasteiger partial charge is 0.477 e. The molecule has 0 radical (unpaired) electrons. The predicted molar refractivity (Wildman–Crippen MR) is 62.3 cm³/mol. The van der Waals surface area contributed by atoms with Gasteiger partial charge in [-0.3, -0.25) is 10.2 Å². The van der Waals surface area contributed by atoms with E-state index in [4.69, 9.17) is 22.0 Å². The summed E-state index contributed by atoms with van der Waals surface area (Å²) in [7, 11) is 0. The number of carbonyl (C=O) groups excluding carboxylic acids is 1. The topological polar surface area (TPSA) is 130 Å². The van der Waals surface area contributed by atoms with Crippen LogP contribution in [0.15, 0.2) is 30.0 Å². The first-order valence-corrected chi connectivity index (χ1v) is 4.60. The van der Waals surface area contributed by atoms with Crippen LogP contribution in [0, 0.1) is 5.41 Å². The molecule has 1 aromatic rings. The van der Waals surface area contributed by atoms with Gasteiger partial charge < -0.3 is 16.6 Å². The van der Waals surface area contributed by atoms with Gasteiger partial charge in [-0.1, -0.05) is 24.3 Å². The van der Waals surface area contributed by atoms with Crippen molar-refractivity contribution in [3.8, 4) is 0 Å². The highest BCUT2D eigenvalue weighted by Crippen LogP contribution is 2.15. The van der Waals surface area contributed by atoms with Gasteiger partial charge in [-0.05, 0) is 5.56 Å². The summed E-state index contributed by atoms with van der Waals surface area (Å²) in [5.74, 6) is -1.47. The second kappa shape index (κ2) is 4.93. The zero-order valence-electron chi connectivity index (χ0n) is 8.81. The third kappa shape index (κ3) is 2.69. The lowest BCUT2D eigenvalue weighted by atomic mass is 10.0. The third-order valence-corrected chi connectivity index (χ3v) is 2.15. The van der Waals surface area contributed by atoms with Gasteiger partial charge in [-0.2, -0.15) is 0 Å². The van der Waals surface area contributed by atoms with Crippen molar-refractivity contribution < 1.29 is 14.7 Å². The third-order valence-electron chi connectivity index (χ3n) is 2.15. The highest BCUT2D eigenvalue weighted by molar-refractivity contribution is 6.15. The zero-order valence-corrected chi connectivity index (χ0v) is 8.81. The number of nitrogen functional groups attached to an aromatic ring is 1. The van der Waals surface area contributed by atoms with Crippen LogP contribution >= 0.6 is 0 Å². The van der Waals surface area contributed by atoms with E-state index in [2.05, 4.69) is 0 Å². The lowest BCUT2D eigenvalue weighted by Gasteiger charge is -2.04. The predicted octanol–water partition coefficient (Wildman–Crippen LogP) is -0.0760. The van der Waals surface area contributed by atoms with Crippen LogP contribution in [0.1, 0.15) is 11.1 Å². The monoisotopic (exact) mass is 233 g/mol. The number of amidine groups is 1. The molecule has 0 heterocycles. The fourth-order valence-electron chi connectivity index (χ4n) is 1.23. The van der Waals surface area contributed by atoms with E-state index in [-0.39, 0.29) is 11.4 Å². The van der Waals surface area contributed by atoms with Crippen LogP contribution in [0.5, 0.6) is 0 Å². The number of carboxylic acids is 1. The molecule has 6 nitrogen and oxygen atoms in total. The molecular weight excluding hydrogens is 222 g/mol. The molecule has 17 heavy (non-hydrogen) atoms. The summed E-state index contributed by atoms with van der Waals surface area (Å²) in [6.07, 6.45) is 0.381. The normalized spacial score (nSPS) is 11.5. The second-order valence-corrected chi connectivity index (χ2v) is 3.24. The Morgan fingerprint density at radius 2 is 1.65 bits per heavy atom. The molecule has 6 heteroatoms. The average Bonchev–Trinajstić information content (AvgIpc) is 2.30. The first-order chi connectivity index (χ1) is 7.97. The number of allylic oxidation sites excluding steroid dienone is 1. The molecule has 0 atom stereocenters. The summed E-state index contributed by atoms with van der Waals surface area (Å²) >= 11 is 0. The van der Waals surface area contributed by atoms with Gasteiger partial charge in [0, 0.05) is 5.56 Å². The number of nitrogens with two attached hydrogens (primary N) is 2. The van der Waals surface area contributed by atoms with Crippen molar-refractivity contribution in [2.24, 2.45) is 11.5 Å². The Morgan fingerprint density at radius 1 is 1.18 bits per heavy atom. The molecule has 0 spiro atoms. The van der Waals surface area contributed by atoms with Gasteiger partial charge in [0.05, 0.1) is 5.57 Å². The molecule has 0 saturated carbocycles. The van der Waals surface area contributed by atoms with Gasteiger partial charge in [0.15, 0.2) is 6.29 Å². The van der Waals surface area contributed by atoms with Gasteiger partial charge >= 0.3 is 5.97 Å². The van der Waals surface area contributed by atoms with Crippen LogP contribution in [0.2, 0.25) is 0 Å². The zero-order chi connectivity index (χ0) is 13.0. The van der Waals surface area contributed by atoms with Crippen molar-refractivity contribution in [2.75, 3.05) is 0 Å². The number of hydrogen-bond donors (Lipinski definition) is 4. The van der Waals surface area contributed by atoms with Crippen LogP contribution in [-0.2, 0) is 9.59 Å². The molecule has 0 aromatic heterocycles. The Morgan fingerprint density at radius 3 is 2.00 bits per heavy atom. The summed E-state index contributed by atoms with van der Waals surface area (Å²) in [6.45, 7) is 0. The number of rotatable bonds is 4. The molecule has 1 aromatic carbocycles. The van der Waals surface area contributed by atoms with E-state index in [0.717, 1.165) is 0 Å². The summed E-state index contributed by atoms with van der Waals surface area (Å²) in [5.41, 5.74) is 10.8. The molecule has 0 amide bonds. The Labute approximate surface area is 97.0 Å². The van der Waals surface area contributed by atoms with Crippen LogP contribution in [-0.4, -0.2) is 23.2 Å². The van der Waals surface area contributed by atoms with Crippen molar-refractivity contribution in [1.82, 2.24) is 0 Å². The standard InChI is InChI=1S/C11H11N3O3/c12-9(11(16)17)8(5-15)6-1-3-7(4-2-6)10(13)14/h1-5H,12H2,(H3,13,14)(H,16,17)/b9-8-. The number of benzene rings is 1. The summed E-state index contributed by atoms with van der Waals surface area (Å²) in [4.78, 5) is 21.5. The average molecular weight is 233 g/mol. The molecule has 0 bridgehead atoms. The maximum Gasteiger partial charge on any atom is 0.352 e. The SMILES string of the molecule is N=C(N)c1ccc(/C(C=O)=C(\N)C(=O)O)cc1. The van der Waals surface area contributed by atoms with Gasteiger partial charge in [-0.15, -0.1) is 0 Å². The van der Waals surface area contributed by atoms with Crippen LogP contribution in [0.3, 0.4) is 0 Å². The molecular formula is C11H11N3O3. The van der Waals surface area contributed by atoms with Crippen molar-refractivity contribution in [1.29, 1.82) is 5.41 Å². The Bertz CT molecular complexity index is 503. The van der Waals surface area contributed by atoms with Crippen molar-refractivity contribution in [3.63, 3.8) is 0 Å².